The van der Waals surface area contributed by atoms with Crippen molar-refractivity contribution in [2.45, 2.75) is 0 Å². The van der Waals surface area contributed by atoms with E-state index in [1.54, 1.807) is 6.08 Å². The molecule has 1 aromatic carbocycles. The van der Waals surface area contributed by atoms with E-state index in [0.29, 0.717) is 0 Å². The van der Waals surface area contributed by atoms with E-state index in [-0.39, 0.29) is 0 Å². The van der Waals surface area contributed by atoms with Crippen molar-refractivity contribution < 1.29 is 32.3 Å². The first kappa shape index (κ1) is 10.5. The predicted molar refractivity (Wildman–Crippen MR) is 45.5 cm³/mol. The van der Waals surface area contributed by atoms with Gasteiger partial charge in [-0.15, -0.1) is 0 Å². The molecule has 0 heterocycles. The van der Waals surface area contributed by atoms with Crippen LogP contribution < -0.4 is 0 Å². The van der Waals surface area contributed by atoms with Crippen molar-refractivity contribution >= 4 is 13.7 Å². The van der Waals surface area contributed by atoms with Crippen LogP contribution in [0.5, 0.6) is 0 Å². The summed E-state index contributed by atoms with van der Waals surface area (Å²) in [5, 5.41) is 0. The molecule has 5 heteroatoms. The van der Waals surface area contributed by atoms with Crippen molar-refractivity contribution in [3.05, 3.63) is 42.2 Å². The molecule has 0 atom stereocenters. The van der Waals surface area contributed by atoms with Crippen molar-refractivity contribution in [2.75, 3.05) is 0 Å². The first-order valence-corrected chi connectivity index (χ1v) is 6.45. The average molecular weight is 291 g/mol. The van der Waals surface area contributed by atoms with Crippen molar-refractivity contribution in [2.24, 2.45) is 0 Å². The van der Waals surface area contributed by atoms with Gasteiger partial charge in [-0.3, -0.25) is 0 Å². The van der Waals surface area contributed by atoms with E-state index in [9.17, 15) is 8.42 Å². The van der Waals surface area contributed by atoms with Crippen molar-refractivity contribution in [3.63, 3.8) is 0 Å². The summed E-state index contributed by atoms with van der Waals surface area (Å²) in [5.41, 5.74) is 0.873. The minimum absolute atomic E-state index is 0.873. The monoisotopic (exact) mass is 290 g/mol. The van der Waals surface area contributed by atoms with E-state index >= 15 is 0 Å². The standard InChI is InChI=1S/C8H7O3S.Ag/c9-12(10)11-7-6-8-4-2-1-3-5-8;/h1-7H;. The maximum atomic E-state index is 10.5. The van der Waals surface area contributed by atoms with Crippen molar-refractivity contribution in [1.29, 1.82) is 0 Å². The third-order valence-electron chi connectivity index (χ3n) is 1.22. The van der Waals surface area contributed by atoms with Crippen LogP contribution in [0, 0.1) is 0 Å². The van der Waals surface area contributed by atoms with Gasteiger partial charge < -0.3 is 0 Å². The Hall–Kier alpha value is -0.550. The fourth-order valence-electron chi connectivity index (χ4n) is 0.733. The molecule has 1 aromatic rings. The van der Waals surface area contributed by atoms with Crippen molar-refractivity contribution in [1.82, 2.24) is 0 Å². The number of hydrogen-bond acceptors (Lipinski definition) is 3. The van der Waals surface area contributed by atoms with Gasteiger partial charge in [0.25, 0.3) is 0 Å². The molecule has 13 heavy (non-hydrogen) atoms. The zero-order valence-corrected chi connectivity index (χ0v) is 8.77. The molecule has 0 spiro atoms. The van der Waals surface area contributed by atoms with Crippen LogP contribution in [0.25, 0.3) is 6.08 Å². The molecule has 0 bridgehead atoms. The van der Waals surface area contributed by atoms with Crippen LogP contribution in [0.1, 0.15) is 5.56 Å². The van der Waals surface area contributed by atoms with E-state index in [0.717, 1.165) is 11.8 Å². The van der Waals surface area contributed by atoms with Crippen LogP contribution >= 0.6 is 0 Å². The van der Waals surface area contributed by atoms with Gasteiger partial charge in [0.2, 0.25) is 0 Å². The zero-order chi connectivity index (χ0) is 9.73. The van der Waals surface area contributed by atoms with Crippen LogP contribution in [0.3, 0.4) is 0 Å². The summed E-state index contributed by atoms with van der Waals surface area (Å²) in [6, 6.07) is 9.24. The maximum absolute atomic E-state index is 10.5. The number of rotatable bonds is 3. The van der Waals surface area contributed by atoms with Gasteiger partial charge in [0.1, 0.15) is 0 Å². The third kappa shape index (κ3) is 4.90. The molecule has 74 valence electrons. The molecule has 0 amide bonds. The van der Waals surface area contributed by atoms with Gasteiger partial charge in [-0.2, -0.15) is 0 Å². The molecule has 0 saturated carbocycles. The molecule has 1 rings (SSSR count). The summed E-state index contributed by atoms with van der Waals surface area (Å²) < 4.78 is 25.3. The molecular formula is C8H7AgO3S. The van der Waals surface area contributed by atoms with Crippen LogP contribution in [0.2, 0.25) is 0 Å². The Morgan fingerprint density at radius 1 is 1.23 bits per heavy atom. The first-order valence-electron chi connectivity index (χ1n) is 3.39. The van der Waals surface area contributed by atoms with E-state index in [4.69, 9.17) is 0 Å². The molecule has 0 N–H and O–H groups in total. The van der Waals surface area contributed by atoms with E-state index in [1.807, 2.05) is 30.3 Å². The summed E-state index contributed by atoms with van der Waals surface area (Å²) in [6.07, 6.45) is 2.66. The summed E-state index contributed by atoms with van der Waals surface area (Å²) in [4.78, 5) is 0. The normalized spacial score (nSPS) is 11.8. The summed E-state index contributed by atoms with van der Waals surface area (Å²) in [6.45, 7) is 0. The van der Waals surface area contributed by atoms with E-state index in [2.05, 4.69) is 23.9 Å². The second-order valence-corrected chi connectivity index (χ2v) is 5.29. The SMILES string of the molecule is O=[S](=O)([Ag])OC=Cc1ccccc1. The molecular weight excluding hydrogens is 284 g/mol. The van der Waals surface area contributed by atoms with Gasteiger partial charge >= 0.3 is 88.2 Å². The molecule has 0 saturated heterocycles. The van der Waals surface area contributed by atoms with Gasteiger partial charge in [0, 0.05) is 0 Å². The first-order chi connectivity index (χ1) is 6.08. The van der Waals surface area contributed by atoms with Crippen molar-refractivity contribution in [3.8, 4) is 0 Å². The van der Waals surface area contributed by atoms with Gasteiger partial charge in [0.05, 0.1) is 0 Å². The molecule has 0 fully saturated rings. The average Bonchev–Trinajstić information content (AvgIpc) is 2.04. The Morgan fingerprint density at radius 3 is 2.38 bits per heavy atom. The number of benzene rings is 1. The molecule has 0 unspecified atom stereocenters. The topological polar surface area (TPSA) is 43.4 Å². The fourth-order valence-corrected chi connectivity index (χ4v) is 1.16. The Balaban J connectivity index is 2.61. The van der Waals surface area contributed by atoms with E-state index in [1.165, 1.54) is 0 Å². The number of hydrogen-bond donors (Lipinski definition) is 0. The van der Waals surface area contributed by atoms with Crippen LogP contribution in [-0.2, 0) is 31.5 Å². The van der Waals surface area contributed by atoms with Gasteiger partial charge in [0.15, 0.2) is 0 Å². The summed E-state index contributed by atoms with van der Waals surface area (Å²) in [5.74, 6) is 0. The zero-order valence-electron chi connectivity index (χ0n) is 6.48. The molecule has 0 aliphatic carbocycles. The Labute approximate surface area is 88.0 Å². The van der Waals surface area contributed by atoms with Gasteiger partial charge in [-0.05, 0) is 0 Å². The third-order valence-corrected chi connectivity index (χ3v) is 1.98. The molecule has 3 nitrogen and oxygen atoms in total. The Bertz CT molecular complexity index is 383. The van der Waals surface area contributed by atoms with E-state index < -0.39 is 7.58 Å². The van der Waals surface area contributed by atoms with Gasteiger partial charge in [-0.1, -0.05) is 0 Å². The second-order valence-electron chi connectivity index (χ2n) is 2.16. The molecule has 0 aromatic heterocycles. The fraction of sp³-hybridized carbons (Fsp3) is 0. The molecule has 0 aliphatic rings. The van der Waals surface area contributed by atoms with Crippen LogP contribution in [-0.4, -0.2) is 8.42 Å². The Kier molecular flexibility index (Phi) is 3.74. The van der Waals surface area contributed by atoms with Crippen LogP contribution in [0.4, 0.5) is 0 Å². The summed E-state index contributed by atoms with van der Waals surface area (Å²) in [7, 11) is -3.57. The Morgan fingerprint density at radius 2 is 1.85 bits per heavy atom. The second kappa shape index (κ2) is 4.62. The van der Waals surface area contributed by atoms with Gasteiger partial charge in [-0.25, -0.2) is 0 Å². The van der Waals surface area contributed by atoms with Crippen LogP contribution in [0.15, 0.2) is 36.6 Å². The molecule has 0 aliphatic heterocycles. The quantitative estimate of drug-likeness (QED) is 0.625. The summed E-state index contributed by atoms with van der Waals surface area (Å²) >= 11 is 2.37. The molecule has 0 radical (unpaired) electrons. The predicted octanol–water partition coefficient (Wildman–Crippen LogP) is 1.47. The minimum atomic E-state index is -3.57.